The number of halogens is 1. The second-order valence-corrected chi connectivity index (χ2v) is 9.99. The Balaban J connectivity index is 1.49. The molecule has 1 aromatic carbocycles. The lowest BCUT2D eigenvalue weighted by Crippen LogP contribution is -2.50. The number of rotatable bonds is 5. The molecule has 8 heteroatoms. The molecule has 0 bridgehead atoms. The first kappa shape index (κ1) is 23.2. The minimum Gasteiger partial charge on any atom is -0.465 e. The number of hydrogen-bond acceptors (Lipinski definition) is 4. The fraction of sp³-hybridized carbons (Fsp3) is 0.667. The molecular weight excluding hydrogens is 430 g/mol. The van der Waals surface area contributed by atoms with E-state index >= 15 is 0 Å². The molecule has 1 aliphatic carbocycles. The molecule has 2 aliphatic heterocycles. The zero-order chi connectivity index (χ0) is 22.9. The van der Waals surface area contributed by atoms with Gasteiger partial charge >= 0.3 is 6.09 Å². The molecule has 32 heavy (non-hydrogen) atoms. The van der Waals surface area contributed by atoms with Gasteiger partial charge in [0.1, 0.15) is 0 Å². The van der Waals surface area contributed by atoms with E-state index in [-0.39, 0.29) is 23.5 Å². The Labute approximate surface area is 194 Å². The van der Waals surface area contributed by atoms with Crippen LogP contribution in [0, 0.1) is 5.41 Å². The average molecular weight is 464 g/mol. The summed E-state index contributed by atoms with van der Waals surface area (Å²) >= 11 is 6.63. The summed E-state index contributed by atoms with van der Waals surface area (Å²) in [7, 11) is 0. The van der Waals surface area contributed by atoms with E-state index in [1.54, 1.807) is 6.07 Å². The van der Waals surface area contributed by atoms with E-state index < -0.39 is 6.09 Å². The van der Waals surface area contributed by atoms with Crippen molar-refractivity contribution in [1.29, 1.82) is 0 Å². The molecule has 2 amide bonds. The lowest BCUT2D eigenvalue weighted by atomic mass is 9.78. The summed E-state index contributed by atoms with van der Waals surface area (Å²) in [5.74, 6) is 0.260. The molecule has 1 spiro atoms. The summed E-state index contributed by atoms with van der Waals surface area (Å²) in [5.41, 5.74) is 1.07. The number of aliphatic hydroxyl groups is 1. The highest BCUT2D eigenvalue weighted by Crippen LogP contribution is 2.44. The SMILES string of the molecule is CCCN(C(=O)O)c1ccc(N2CCCC3(CCN(C4CCC(O)CC4)C3=O)C2)c(Cl)c1. The van der Waals surface area contributed by atoms with E-state index in [2.05, 4.69) is 9.80 Å². The molecule has 3 fully saturated rings. The molecule has 2 heterocycles. The first-order valence-electron chi connectivity index (χ1n) is 11.9. The van der Waals surface area contributed by atoms with E-state index in [1.807, 2.05) is 19.1 Å². The van der Waals surface area contributed by atoms with Gasteiger partial charge in [-0.25, -0.2) is 4.79 Å². The molecule has 2 N–H and O–H groups in total. The van der Waals surface area contributed by atoms with Gasteiger partial charge in [0, 0.05) is 37.9 Å². The van der Waals surface area contributed by atoms with Crippen molar-refractivity contribution >= 4 is 35.0 Å². The lowest BCUT2D eigenvalue weighted by Gasteiger charge is -2.41. The van der Waals surface area contributed by atoms with E-state index in [0.29, 0.717) is 23.8 Å². The average Bonchev–Trinajstić information content (AvgIpc) is 3.07. The normalized spacial score (nSPS) is 28.4. The smallest absolute Gasteiger partial charge is 0.411 e. The van der Waals surface area contributed by atoms with E-state index in [1.165, 1.54) is 4.90 Å². The summed E-state index contributed by atoms with van der Waals surface area (Å²) in [6.07, 6.45) is 5.53. The third kappa shape index (κ3) is 4.42. The summed E-state index contributed by atoms with van der Waals surface area (Å²) in [6, 6.07) is 5.67. The fourth-order valence-electron chi connectivity index (χ4n) is 5.76. The van der Waals surface area contributed by atoms with Crippen molar-refractivity contribution in [3.05, 3.63) is 23.2 Å². The number of hydrogen-bond donors (Lipinski definition) is 2. The maximum atomic E-state index is 13.5. The van der Waals surface area contributed by atoms with Crippen molar-refractivity contribution in [1.82, 2.24) is 4.90 Å². The third-order valence-electron chi connectivity index (χ3n) is 7.49. The van der Waals surface area contributed by atoms with Gasteiger partial charge in [-0.05, 0) is 69.6 Å². The van der Waals surface area contributed by atoms with Crippen LogP contribution in [0.25, 0.3) is 0 Å². The predicted octanol–water partition coefficient (Wildman–Crippen LogP) is 4.36. The number of nitrogens with zero attached hydrogens (tertiary/aromatic N) is 3. The van der Waals surface area contributed by atoms with Gasteiger partial charge < -0.3 is 20.0 Å². The van der Waals surface area contributed by atoms with Crippen LogP contribution in [0.15, 0.2) is 18.2 Å². The van der Waals surface area contributed by atoms with Crippen LogP contribution in [-0.2, 0) is 4.79 Å². The standard InChI is InChI=1S/C24H34ClN3O4/c1-2-12-28(23(31)32)18-6-9-21(20(25)15-18)26-13-3-10-24(16-26)11-14-27(22(24)30)17-4-7-19(29)8-5-17/h6,9,15,17,19,29H,2-5,7-8,10-14,16H2,1H3,(H,31,32). The van der Waals surface area contributed by atoms with Crippen LogP contribution in [0.3, 0.4) is 0 Å². The molecule has 1 unspecified atom stereocenters. The number of amides is 2. The third-order valence-corrected chi connectivity index (χ3v) is 7.79. The Morgan fingerprint density at radius 3 is 2.62 bits per heavy atom. The molecule has 1 atom stereocenters. The highest BCUT2D eigenvalue weighted by molar-refractivity contribution is 6.33. The number of carbonyl (C=O) groups is 2. The highest BCUT2D eigenvalue weighted by atomic mass is 35.5. The Kier molecular flexibility index (Phi) is 6.86. The number of piperidine rings is 1. The van der Waals surface area contributed by atoms with Crippen LogP contribution in [0.4, 0.5) is 16.2 Å². The van der Waals surface area contributed by atoms with Crippen LogP contribution in [0.1, 0.15) is 58.3 Å². The topological polar surface area (TPSA) is 84.3 Å². The Bertz CT molecular complexity index is 858. The number of benzene rings is 1. The summed E-state index contributed by atoms with van der Waals surface area (Å²) in [4.78, 5) is 30.7. The lowest BCUT2D eigenvalue weighted by molar-refractivity contribution is -0.139. The van der Waals surface area contributed by atoms with Gasteiger partial charge in [0.2, 0.25) is 5.91 Å². The molecule has 0 radical (unpaired) electrons. The highest BCUT2D eigenvalue weighted by Gasteiger charge is 2.50. The van der Waals surface area contributed by atoms with Gasteiger partial charge in [0.05, 0.1) is 22.2 Å². The summed E-state index contributed by atoms with van der Waals surface area (Å²) in [6.45, 7) is 4.64. The Hall–Kier alpha value is -1.99. The first-order valence-corrected chi connectivity index (χ1v) is 12.3. The number of aliphatic hydroxyl groups excluding tert-OH is 1. The van der Waals surface area contributed by atoms with E-state index in [9.17, 15) is 19.8 Å². The Morgan fingerprint density at radius 2 is 1.97 bits per heavy atom. The molecule has 3 aliphatic rings. The van der Waals surface area contributed by atoms with Gasteiger partial charge in [-0.2, -0.15) is 0 Å². The molecule has 0 aromatic heterocycles. The largest absolute Gasteiger partial charge is 0.465 e. The van der Waals surface area contributed by atoms with E-state index in [0.717, 1.165) is 70.1 Å². The van der Waals surface area contributed by atoms with Crippen molar-refractivity contribution in [3.63, 3.8) is 0 Å². The van der Waals surface area contributed by atoms with Crippen LogP contribution in [0.5, 0.6) is 0 Å². The maximum absolute atomic E-state index is 13.5. The van der Waals surface area contributed by atoms with Crippen LogP contribution >= 0.6 is 11.6 Å². The molecular formula is C24H34ClN3O4. The molecule has 1 saturated carbocycles. The van der Waals surface area contributed by atoms with E-state index in [4.69, 9.17) is 11.6 Å². The second kappa shape index (κ2) is 9.48. The van der Waals surface area contributed by atoms with Crippen LogP contribution < -0.4 is 9.80 Å². The van der Waals surface area contributed by atoms with Gasteiger partial charge in [-0.3, -0.25) is 9.69 Å². The van der Waals surface area contributed by atoms with Crippen molar-refractivity contribution in [2.24, 2.45) is 5.41 Å². The number of anilines is 2. The minimum atomic E-state index is -0.987. The van der Waals surface area contributed by atoms with Crippen LogP contribution in [-0.4, -0.2) is 65.4 Å². The van der Waals surface area contributed by atoms with Crippen molar-refractivity contribution in [2.45, 2.75) is 70.4 Å². The van der Waals surface area contributed by atoms with Crippen molar-refractivity contribution < 1.29 is 19.8 Å². The van der Waals surface area contributed by atoms with Crippen LogP contribution in [0.2, 0.25) is 5.02 Å². The maximum Gasteiger partial charge on any atom is 0.411 e. The summed E-state index contributed by atoms with van der Waals surface area (Å²) < 4.78 is 0. The summed E-state index contributed by atoms with van der Waals surface area (Å²) in [5, 5.41) is 19.8. The van der Waals surface area contributed by atoms with Crippen molar-refractivity contribution in [3.8, 4) is 0 Å². The fourth-order valence-corrected chi connectivity index (χ4v) is 6.06. The minimum absolute atomic E-state index is 0.220. The van der Waals surface area contributed by atoms with Gasteiger partial charge in [0.15, 0.2) is 0 Å². The zero-order valence-corrected chi connectivity index (χ0v) is 19.6. The van der Waals surface area contributed by atoms with Gasteiger partial charge in [-0.15, -0.1) is 0 Å². The van der Waals surface area contributed by atoms with Crippen molar-refractivity contribution in [2.75, 3.05) is 36.0 Å². The second-order valence-electron chi connectivity index (χ2n) is 9.59. The number of likely N-dealkylation sites (tertiary alicyclic amines) is 1. The quantitative estimate of drug-likeness (QED) is 0.677. The predicted molar refractivity (Wildman–Crippen MR) is 126 cm³/mol. The number of carboxylic acid groups (broad SMARTS) is 1. The monoisotopic (exact) mass is 463 g/mol. The first-order chi connectivity index (χ1) is 15.3. The molecule has 7 nitrogen and oxygen atoms in total. The zero-order valence-electron chi connectivity index (χ0n) is 18.8. The Morgan fingerprint density at radius 1 is 1.22 bits per heavy atom. The van der Waals surface area contributed by atoms with Gasteiger partial charge in [0.25, 0.3) is 0 Å². The molecule has 1 aromatic rings. The van der Waals surface area contributed by atoms with Gasteiger partial charge in [-0.1, -0.05) is 18.5 Å². The molecule has 4 rings (SSSR count). The molecule has 2 saturated heterocycles. The molecule has 176 valence electrons. The number of carbonyl (C=O) groups excluding carboxylic acids is 1.